The Labute approximate surface area is 171 Å². The number of nitro groups is 1. The molecular weight excluding hydrogens is 400 g/mol. The number of amides is 2. The molecular formula is C19H19ClN4O5. The van der Waals surface area contributed by atoms with Crippen LogP contribution in [0.15, 0.2) is 47.6 Å². The van der Waals surface area contributed by atoms with Gasteiger partial charge in [-0.2, -0.15) is 5.10 Å². The number of benzene rings is 2. The standard InChI is InChI=1S/C19H19ClN4O5/c1-11(2)17(22-18(26)13-4-6-14(20)7-5-13)19(27)23-21-10-12-3-8-16(25)15(9-12)24(28)29/h3-11,17,25H,1-2H3,(H,22,26)(H,23,27)/b21-10+. The van der Waals surface area contributed by atoms with Gasteiger partial charge in [0.1, 0.15) is 6.04 Å². The molecule has 0 aliphatic rings. The van der Waals surface area contributed by atoms with Gasteiger partial charge in [0, 0.05) is 22.2 Å². The Bertz CT molecular complexity index is 944. The van der Waals surface area contributed by atoms with Gasteiger partial charge in [-0.05, 0) is 42.3 Å². The third kappa shape index (κ3) is 6.01. The molecule has 0 spiro atoms. The lowest BCUT2D eigenvalue weighted by Crippen LogP contribution is -2.48. The van der Waals surface area contributed by atoms with Gasteiger partial charge in [0.2, 0.25) is 0 Å². The highest BCUT2D eigenvalue weighted by Gasteiger charge is 2.24. The molecule has 2 aromatic rings. The Balaban J connectivity index is 2.05. The van der Waals surface area contributed by atoms with Crippen molar-refractivity contribution in [2.24, 2.45) is 11.0 Å². The van der Waals surface area contributed by atoms with Gasteiger partial charge in [-0.1, -0.05) is 25.4 Å². The highest BCUT2D eigenvalue weighted by molar-refractivity contribution is 6.30. The number of nitrogens with zero attached hydrogens (tertiary/aromatic N) is 2. The zero-order chi connectivity index (χ0) is 21.6. The fourth-order valence-electron chi connectivity index (χ4n) is 2.37. The molecule has 0 saturated carbocycles. The Morgan fingerprint density at radius 1 is 1.21 bits per heavy atom. The minimum atomic E-state index is -0.857. The van der Waals surface area contributed by atoms with Crippen molar-refractivity contribution in [3.8, 4) is 5.75 Å². The molecule has 0 bridgehead atoms. The first-order chi connectivity index (χ1) is 13.7. The number of aromatic hydroxyl groups is 1. The first-order valence-electron chi connectivity index (χ1n) is 8.55. The lowest BCUT2D eigenvalue weighted by molar-refractivity contribution is -0.385. The summed E-state index contributed by atoms with van der Waals surface area (Å²) in [5.74, 6) is -1.68. The Hall–Kier alpha value is -3.46. The first-order valence-corrected chi connectivity index (χ1v) is 8.93. The van der Waals surface area contributed by atoms with Crippen molar-refractivity contribution in [2.75, 3.05) is 0 Å². The molecule has 0 saturated heterocycles. The van der Waals surface area contributed by atoms with E-state index in [2.05, 4.69) is 15.8 Å². The fraction of sp³-hybridized carbons (Fsp3) is 0.211. The van der Waals surface area contributed by atoms with Crippen molar-refractivity contribution >= 4 is 35.3 Å². The van der Waals surface area contributed by atoms with E-state index >= 15 is 0 Å². The van der Waals surface area contributed by atoms with Gasteiger partial charge < -0.3 is 10.4 Å². The van der Waals surface area contributed by atoms with Crippen LogP contribution in [0.25, 0.3) is 0 Å². The number of carbonyl (C=O) groups is 2. The smallest absolute Gasteiger partial charge is 0.311 e. The van der Waals surface area contributed by atoms with Crippen molar-refractivity contribution in [3.63, 3.8) is 0 Å². The molecule has 10 heteroatoms. The molecule has 9 nitrogen and oxygen atoms in total. The Kier molecular flexibility index (Phi) is 7.27. The molecule has 0 aliphatic carbocycles. The average molecular weight is 419 g/mol. The second kappa shape index (κ2) is 9.65. The van der Waals surface area contributed by atoms with Crippen molar-refractivity contribution in [1.82, 2.24) is 10.7 Å². The zero-order valence-electron chi connectivity index (χ0n) is 15.6. The summed E-state index contributed by atoms with van der Waals surface area (Å²) in [4.78, 5) is 34.9. The summed E-state index contributed by atoms with van der Waals surface area (Å²) in [6.07, 6.45) is 1.20. The summed E-state index contributed by atoms with van der Waals surface area (Å²) >= 11 is 5.80. The molecule has 1 atom stereocenters. The predicted molar refractivity (Wildman–Crippen MR) is 108 cm³/mol. The monoisotopic (exact) mass is 418 g/mol. The van der Waals surface area contributed by atoms with E-state index in [0.29, 0.717) is 16.1 Å². The zero-order valence-corrected chi connectivity index (χ0v) is 16.4. The normalized spacial score (nSPS) is 12.0. The maximum absolute atomic E-state index is 12.4. The van der Waals surface area contributed by atoms with E-state index in [1.807, 2.05) is 0 Å². The molecule has 0 radical (unpaired) electrons. The molecule has 0 aliphatic heterocycles. The van der Waals surface area contributed by atoms with Gasteiger partial charge in [-0.3, -0.25) is 19.7 Å². The van der Waals surface area contributed by atoms with Crippen LogP contribution in [-0.2, 0) is 4.79 Å². The second-order valence-electron chi connectivity index (χ2n) is 6.44. The SMILES string of the molecule is CC(C)C(NC(=O)c1ccc(Cl)cc1)C(=O)N/N=C/c1ccc(O)c([N+](=O)[O-])c1. The van der Waals surface area contributed by atoms with E-state index in [0.717, 1.165) is 12.1 Å². The number of halogens is 1. The number of nitro benzene ring substituents is 1. The van der Waals surface area contributed by atoms with Crippen LogP contribution < -0.4 is 10.7 Å². The van der Waals surface area contributed by atoms with E-state index in [1.54, 1.807) is 38.1 Å². The summed E-state index contributed by atoms with van der Waals surface area (Å²) in [6, 6.07) is 9.05. The van der Waals surface area contributed by atoms with Crippen molar-refractivity contribution in [1.29, 1.82) is 0 Å². The minimum Gasteiger partial charge on any atom is -0.502 e. The van der Waals surface area contributed by atoms with Crippen molar-refractivity contribution < 1.29 is 19.6 Å². The summed E-state index contributed by atoms with van der Waals surface area (Å²) in [5.41, 5.74) is 2.49. The topological polar surface area (TPSA) is 134 Å². The first kappa shape index (κ1) is 21.8. The van der Waals surface area contributed by atoms with Gasteiger partial charge in [-0.15, -0.1) is 0 Å². The number of hydrogen-bond acceptors (Lipinski definition) is 6. The van der Waals surface area contributed by atoms with E-state index in [4.69, 9.17) is 11.6 Å². The van der Waals surface area contributed by atoms with Crippen LogP contribution in [0, 0.1) is 16.0 Å². The third-order valence-corrected chi connectivity index (χ3v) is 4.18. The lowest BCUT2D eigenvalue weighted by atomic mass is 10.0. The summed E-state index contributed by atoms with van der Waals surface area (Å²) in [6.45, 7) is 3.53. The molecule has 0 heterocycles. The predicted octanol–water partition coefficient (Wildman–Crippen LogP) is 2.86. The van der Waals surface area contributed by atoms with Gasteiger partial charge >= 0.3 is 5.69 Å². The largest absolute Gasteiger partial charge is 0.502 e. The maximum Gasteiger partial charge on any atom is 0.311 e. The van der Waals surface area contributed by atoms with Gasteiger partial charge in [-0.25, -0.2) is 5.43 Å². The number of rotatable bonds is 7. The summed E-state index contributed by atoms with van der Waals surface area (Å²) in [7, 11) is 0. The molecule has 1 unspecified atom stereocenters. The lowest BCUT2D eigenvalue weighted by Gasteiger charge is -2.20. The fourth-order valence-corrected chi connectivity index (χ4v) is 2.49. The number of phenols is 1. The molecule has 29 heavy (non-hydrogen) atoms. The van der Waals surface area contributed by atoms with E-state index < -0.39 is 34.2 Å². The van der Waals surface area contributed by atoms with Crippen molar-refractivity contribution in [2.45, 2.75) is 19.9 Å². The van der Waals surface area contributed by atoms with Gasteiger partial charge in [0.15, 0.2) is 5.75 Å². The van der Waals surface area contributed by atoms with E-state index in [9.17, 15) is 24.8 Å². The summed E-state index contributed by atoms with van der Waals surface area (Å²) in [5, 5.41) is 27.2. The summed E-state index contributed by atoms with van der Waals surface area (Å²) < 4.78 is 0. The molecule has 2 amide bonds. The molecule has 2 aromatic carbocycles. The number of hydrazone groups is 1. The quantitative estimate of drug-likeness (QED) is 0.361. The molecule has 3 N–H and O–H groups in total. The van der Waals surface area contributed by atoms with Gasteiger partial charge in [0.05, 0.1) is 11.1 Å². The van der Waals surface area contributed by atoms with Crippen LogP contribution in [0.2, 0.25) is 5.02 Å². The highest BCUT2D eigenvalue weighted by atomic mass is 35.5. The Morgan fingerprint density at radius 3 is 2.45 bits per heavy atom. The third-order valence-electron chi connectivity index (χ3n) is 3.93. The molecule has 152 valence electrons. The van der Waals surface area contributed by atoms with Crippen LogP contribution in [0.4, 0.5) is 5.69 Å². The number of hydrogen-bond donors (Lipinski definition) is 3. The van der Waals surface area contributed by atoms with E-state index in [1.165, 1.54) is 12.3 Å². The Morgan fingerprint density at radius 2 is 1.86 bits per heavy atom. The van der Waals surface area contributed by atoms with Crippen LogP contribution in [0.3, 0.4) is 0 Å². The maximum atomic E-state index is 12.4. The molecule has 0 aromatic heterocycles. The van der Waals surface area contributed by atoms with E-state index in [-0.39, 0.29) is 5.92 Å². The van der Waals surface area contributed by atoms with Crippen LogP contribution in [-0.4, -0.2) is 34.1 Å². The second-order valence-corrected chi connectivity index (χ2v) is 6.88. The van der Waals surface area contributed by atoms with Crippen molar-refractivity contribution in [3.05, 3.63) is 68.7 Å². The van der Waals surface area contributed by atoms with Gasteiger partial charge in [0.25, 0.3) is 11.8 Å². The molecule has 0 fully saturated rings. The highest BCUT2D eigenvalue weighted by Crippen LogP contribution is 2.25. The molecule has 2 rings (SSSR count). The minimum absolute atomic E-state index is 0.226. The average Bonchev–Trinajstić information content (AvgIpc) is 2.67. The number of nitrogens with one attached hydrogen (secondary N) is 2. The van der Waals surface area contributed by atoms with Crippen LogP contribution >= 0.6 is 11.6 Å². The number of carbonyl (C=O) groups excluding carboxylic acids is 2. The van der Waals surface area contributed by atoms with Crippen LogP contribution in [0.1, 0.15) is 29.8 Å². The number of phenolic OH excluding ortho intramolecular Hbond substituents is 1. The van der Waals surface area contributed by atoms with Crippen LogP contribution in [0.5, 0.6) is 5.75 Å².